The quantitative estimate of drug-likeness (QED) is 0.418. The van der Waals surface area contributed by atoms with E-state index in [4.69, 9.17) is 4.74 Å². The van der Waals surface area contributed by atoms with Gasteiger partial charge in [-0.3, -0.25) is 14.4 Å². The van der Waals surface area contributed by atoms with Gasteiger partial charge in [0.25, 0.3) is 5.91 Å². The molecule has 1 N–H and O–H groups in total. The highest BCUT2D eigenvalue weighted by Crippen LogP contribution is 2.55. The Labute approximate surface area is 197 Å². The van der Waals surface area contributed by atoms with E-state index in [2.05, 4.69) is 11.4 Å². The van der Waals surface area contributed by atoms with Crippen molar-refractivity contribution < 1.29 is 23.9 Å². The Morgan fingerprint density at radius 1 is 1.03 bits per heavy atom. The highest BCUT2D eigenvalue weighted by atomic mass is 16.5. The maximum atomic E-state index is 13.2. The zero-order valence-electron chi connectivity index (χ0n) is 19.3. The Morgan fingerprint density at radius 2 is 1.76 bits per heavy atom. The average molecular weight is 459 g/mol. The summed E-state index contributed by atoms with van der Waals surface area (Å²) >= 11 is 0. The Kier molecular flexibility index (Phi) is 5.35. The first-order chi connectivity index (χ1) is 16.3. The number of hydrogen-bond acceptors (Lipinski definition) is 5. The molecule has 3 amide bonds. The summed E-state index contributed by atoms with van der Waals surface area (Å²) in [7, 11) is 0. The number of rotatable bonds is 5. The van der Waals surface area contributed by atoms with Crippen LogP contribution in [-0.4, -0.2) is 30.3 Å². The van der Waals surface area contributed by atoms with Gasteiger partial charge in [-0.1, -0.05) is 29.8 Å². The fourth-order valence-corrected chi connectivity index (χ4v) is 5.59. The second-order valence-corrected chi connectivity index (χ2v) is 9.40. The number of anilines is 2. The van der Waals surface area contributed by atoms with E-state index in [1.54, 1.807) is 18.2 Å². The summed E-state index contributed by atoms with van der Waals surface area (Å²) in [6, 6.07) is 11.8. The number of carbonyl (C=O) groups is 4. The largest absolute Gasteiger partial charge is 0.452 e. The molecule has 4 atom stereocenters. The molecule has 1 saturated carbocycles. The molecule has 0 aromatic heterocycles. The fourth-order valence-electron chi connectivity index (χ4n) is 5.59. The minimum atomic E-state index is -0.699. The zero-order valence-corrected chi connectivity index (χ0v) is 19.3. The molecule has 7 heteroatoms. The number of nitrogens with one attached hydrogen (secondary N) is 1. The van der Waals surface area contributed by atoms with Crippen LogP contribution in [-0.2, 0) is 19.1 Å². The van der Waals surface area contributed by atoms with E-state index >= 15 is 0 Å². The van der Waals surface area contributed by atoms with Crippen molar-refractivity contribution >= 4 is 35.1 Å². The summed E-state index contributed by atoms with van der Waals surface area (Å²) in [6.07, 6.45) is 2.99. The van der Waals surface area contributed by atoms with Gasteiger partial charge in [0, 0.05) is 5.69 Å². The number of imide groups is 1. The minimum absolute atomic E-state index is 0.111. The number of carbonyl (C=O) groups excluding carboxylic acids is 4. The van der Waals surface area contributed by atoms with Gasteiger partial charge in [0.1, 0.15) is 0 Å². The van der Waals surface area contributed by atoms with E-state index in [0.29, 0.717) is 11.4 Å². The minimum Gasteiger partial charge on any atom is -0.452 e. The molecule has 2 aromatic rings. The van der Waals surface area contributed by atoms with Crippen molar-refractivity contribution in [1.82, 2.24) is 0 Å². The van der Waals surface area contributed by atoms with Gasteiger partial charge >= 0.3 is 5.97 Å². The van der Waals surface area contributed by atoms with Crippen LogP contribution in [0, 0.1) is 37.5 Å². The van der Waals surface area contributed by atoms with Gasteiger partial charge < -0.3 is 10.1 Å². The van der Waals surface area contributed by atoms with Gasteiger partial charge in [0.05, 0.1) is 23.1 Å². The van der Waals surface area contributed by atoms with Crippen molar-refractivity contribution in [3.63, 3.8) is 0 Å². The van der Waals surface area contributed by atoms with E-state index in [1.807, 2.05) is 32.9 Å². The standard InChI is InChI=1S/C27H26N2O5/c1-14-6-4-9-21(16(14)3)28-22(30)13-34-27(33)17-7-5-8-19(11-17)29-25(31)23-18-10-15(2)20(12-18)24(23)26(29)32/h4-11,18,20,23-24H,12-13H2,1-3H3,(H,28,30)/t18-,20+,23+,24-/m0/s1. The lowest BCUT2D eigenvalue weighted by atomic mass is 9.82. The van der Waals surface area contributed by atoms with E-state index < -0.39 is 18.5 Å². The normalized spacial score (nSPS) is 24.8. The third-order valence-electron chi connectivity index (χ3n) is 7.43. The van der Waals surface area contributed by atoms with E-state index in [-0.39, 0.29) is 41.0 Å². The molecule has 0 unspecified atom stereocenters. The van der Waals surface area contributed by atoms with E-state index in [9.17, 15) is 19.2 Å². The topological polar surface area (TPSA) is 92.8 Å². The lowest BCUT2D eigenvalue weighted by Gasteiger charge is -2.19. The summed E-state index contributed by atoms with van der Waals surface area (Å²) in [6.45, 7) is 5.43. The summed E-state index contributed by atoms with van der Waals surface area (Å²) in [5.74, 6) is -1.94. The number of fused-ring (bicyclic) bond motifs is 5. The molecule has 2 aromatic carbocycles. The molecular formula is C27H26N2O5. The number of ether oxygens (including phenoxy) is 1. The number of hydrogen-bond donors (Lipinski definition) is 1. The molecular weight excluding hydrogens is 432 g/mol. The van der Waals surface area contributed by atoms with Crippen molar-refractivity contribution in [2.24, 2.45) is 23.7 Å². The SMILES string of the molecule is CC1=C[C@H]2C[C@H]1[C@@H]1C(=O)N(c3cccc(C(=O)OCC(=O)Nc4cccc(C)c4C)c3)C(=O)[C@@H]12. The summed E-state index contributed by atoms with van der Waals surface area (Å²) < 4.78 is 5.19. The first-order valence-corrected chi connectivity index (χ1v) is 11.5. The Hall–Kier alpha value is -3.74. The third-order valence-corrected chi connectivity index (χ3v) is 7.43. The summed E-state index contributed by atoms with van der Waals surface area (Å²) in [5.41, 5.74) is 4.37. The molecule has 2 fully saturated rings. The van der Waals surface area contributed by atoms with Gasteiger partial charge in [0.15, 0.2) is 6.61 Å². The molecule has 0 spiro atoms. The number of amides is 3. The molecule has 5 rings (SSSR count). The lowest BCUT2D eigenvalue weighted by Crippen LogP contribution is -2.33. The molecule has 3 aliphatic rings. The van der Waals surface area contributed by atoms with Crippen molar-refractivity contribution in [2.45, 2.75) is 27.2 Å². The van der Waals surface area contributed by atoms with Crippen molar-refractivity contribution in [1.29, 1.82) is 0 Å². The van der Waals surface area contributed by atoms with Gasteiger partial charge in [-0.05, 0) is 74.4 Å². The number of benzene rings is 2. The Morgan fingerprint density at radius 3 is 2.56 bits per heavy atom. The molecule has 2 bridgehead atoms. The summed E-state index contributed by atoms with van der Waals surface area (Å²) in [5, 5.41) is 2.75. The van der Waals surface area contributed by atoms with Crippen molar-refractivity contribution in [2.75, 3.05) is 16.8 Å². The van der Waals surface area contributed by atoms with Crippen LogP contribution in [0.1, 0.15) is 34.8 Å². The number of allylic oxidation sites excluding steroid dienone is 2. The van der Waals surface area contributed by atoms with Gasteiger partial charge in [0.2, 0.25) is 11.8 Å². The Balaban J connectivity index is 1.26. The lowest BCUT2D eigenvalue weighted by molar-refractivity contribution is -0.123. The first-order valence-electron chi connectivity index (χ1n) is 11.5. The zero-order chi connectivity index (χ0) is 24.1. The summed E-state index contributed by atoms with van der Waals surface area (Å²) in [4.78, 5) is 52.4. The van der Waals surface area contributed by atoms with Crippen LogP contribution < -0.4 is 10.2 Å². The van der Waals surface area contributed by atoms with Crippen LogP contribution in [0.25, 0.3) is 0 Å². The molecule has 2 aliphatic carbocycles. The highest BCUT2D eigenvalue weighted by molar-refractivity contribution is 6.23. The van der Waals surface area contributed by atoms with Crippen LogP contribution in [0.4, 0.5) is 11.4 Å². The number of esters is 1. The average Bonchev–Trinajstić information content (AvgIpc) is 3.45. The highest BCUT2D eigenvalue weighted by Gasteiger charge is 2.60. The smallest absolute Gasteiger partial charge is 0.338 e. The fraction of sp³-hybridized carbons (Fsp3) is 0.333. The Bertz CT molecular complexity index is 1260. The number of nitrogens with zero attached hydrogens (tertiary/aromatic N) is 1. The van der Waals surface area contributed by atoms with Crippen LogP contribution in [0.2, 0.25) is 0 Å². The van der Waals surface area contributed by atoms with Crippen LogP contribution in [0.5, 0.6) is 0 Å². The molecule has 0 radical (unpaired) electrons. The maximum absolute atomic E-state index is 13.2. The predicted octanol–water partition coefficient (Wildman–Crippen LogP) is 3.80. The van der Waals surface area contributed by atoms with Gasteiger partial charge in [-0.25, -0.2) is 9.69 Å². The van der Waals surface area contributed by atoms with Crippen LogP contribution >= 0.6 is 0 Å². The molecule has 1 heterocycles. The maximum Gasteiger partial charge on any atom is 0.338 e. The second-order valence-electron chi connectivity index (χ2n) is 9.40. The molecule has 174 valence electrons. The van der Waals surface area contributed by atoms with Gasteiger partial charge in [-0.2, -0.15) is 0 Å². The van der Waals surface area contributed by atoms with Crippen molar-refractivity contribution in [3.05, 3.63) is 70.8 Å². The molecule has 34 heavy (non-hydrogen) atoms. The monoisotopic (exact) mass is 458 g/mol. The molecule has 1 saturated heterocycles. The van der Waals surface area contributed by atoms with Crippen molar-refractivity contribution in [3.8, 4) is 0 Å². The third kappa shape index (κ3) is 3.52. The van der Waals surface area contributed by atoms with E-state index in [0.717, 1.165) is 17.5 Å². The van der Waals surface area contributed by atoms with Crippen LogP contribution in [0.3, 0.4) is 0 Å². The molecule has 7 nitrogen and oxygen atoms in total. The number of aryl methyl sites for hydroxylation is 1. The molecule has 1 aliphatic heterocycles. The van der Waals surface area contributed by atoms with Crippen LogP contribution in [0.15, 0.2) is 54.1 Å². The second kappa shape index (κ2) is 8.24. The van der Waals surface area contributed by atoms with Gasteiger partial charge in [-0.15, -0.1) is 0 Å². The first kappa shape index (κ1) is 22.1. The van der Waals surface area contributed by atoms with E-state index in [1.165, 1.54) is 22.6 Å². The predicted molar refractivity (Wildman–Crippen MR) is 126 cm³/mol.